The summed E-state index contributed by atoms with van der Waals surface area (Å²) in [7, 11) is -6.39. The van der Waals surface area contributed by atoms with Gasteiger partial charge in [-0.25, -0.2) is 0 Å². The fourth-order valence-electron chi connectivity index (χ4n) is 12.4. The molecule has 2 unspecified atom stereocenters. The van der Waals surface area contributed by atoms with Crippen LogP contribution in [0.25, 0.3) is 0 Å². The highest BCUT2D eigenvalue weighted by Gasteiger charge is 2.30. The normalized spacial score (nSPS) is 11.8. The van der Waals surface area contributed by atoms with Crippen LogP contribution in [0.4, 0.5) is 0 Å². The van der Waals surface area contributed by atoms with Gasteiger partial charge >= 0.3 is 0 Å². The molecule has 12 heteroatoms. The quantitative estimate of drug-likeness (QED) is 0.0482. The van der Waals surface area contributed by atoms with Gasteiger partial charge in [0.1, 0.15) is 7.14 Å². The van der Waals surface area contributed by atoms with Crippen molar-refractivity contribution in [3.63, 3.8) is 0 Å². The van der Waals surface area contributed by atoms with Gasteiger partial charge in [-0.3, -0.25) is 8.42 Å². The average molecular weight is 1540 g/mol. The second-order valence-corrected chi connectivity index (χ2v) is 44.9. The average Bonchev–Trinajstić information content (AvgIpc) is 0.798. The van der Waals surface area contributed by atoms with Gasteiger partial charge in [-0.05, 0) is 146 Å². The Bertz CT molecular complexity index is 4460. The van der Waals surface area contributed by atoms with Gasteiger partial charge in [-0.15, -0.1) is 0 Å². The molecule has 0 saturated heterocycles. The molecule has 0 amide bonds. The van der Waals surface area contributed by atoms with E-state index < -0.39 is 58.5 Å². The van der Waals surface area contributed by atoms with E-state index in [0.717, 1.165) is 63.4 Å². The summed E-state index contributed by atoms with van der Waals surface area (Å²) in [4.78, 5) is 1.85. The highest BCUT2D eigenvalue weighted by atomic mass is 32.4. The van der Waals surface area contributed by atoms with E-state index in [2.05, 4.69) is 291 Å². The maximum Gasteiger partial charge on any atom is 0.143 e. The van der Waals surface area contributed by atoms with Crippen molar-refractivity contribution in [2.45, 2.75) is 16.2 Å². The van der Waals surface area contributed by atoms with Crippen molar-refractivity contribution in [2.24, 2.45) is 0 Å². The van der Waals surface area contributed by atoms with Gasteiger partial charge in [0.25, 0.3) is 0 Å². The largest absolute Gasteiger partial charge is 0.314 e. The molecule has 0 heterocycles. The monoisotopic (exact) mass is 1530 g/mol. The summed E-state index contributed by atoms with van der Waals surface area (Å²) in [5.74, 6) is 1.42. The van der Waals surface area contributed by atoms with Gasteiger partial charge in [0.2, 0.25) is 0 Å². The number of hydrogen-bond acceptors (Lipinski definition) is 4. The van der Waals surface area contributed by atoms with Crippen LogP contribution in [0.3, 0.4) is 0 Å². The van der Waals surface area contributed by atoms with E-state index in [-0.39, 0.29) is 7.92 Å². The Balaban J connectivity index is 0.000000141. The zero-order valence-electron chi connectivity index (χ0n) is 58.9. The summed E-state index contributed by atoms with van der Waals surface area (Å²) in [6.45, 7) is 0. The topological polar surface area (TPSA) is 51.2 Å². The van der Waals surface area contributed by atoms with Crippen molar-refractivity contribution in [1.82, 2.24) is 0 Å². The van der Waals surface area contributed by atoms with E-state index in [4.69, 9.17) is 11.8 Å². The molecule has 0 radical (unpaired) electrons. The molecule has 526 valence electrons. The zero-order valence-corrected chi connectivity index (χ0v) is 66.7. The molecule has 0 aliphatic rings. The van der Waals surface area contributed by atoms with Gasteiger partial charge in [0.05, 0.1) is 21.6 Å². The van der Waals surface area contributed by atoms with E-state index >= 15 is 0 Å². The summed E-state index contributed by atoms with van der Waals surface area (Å²) < 4.78 is 39.3. The fraction of sp³-hybridized carbons (Fsp3) is 0.0968. The first kappa shape index (κ1) is 78.1. The first-order chi connectivity index (χ1) is 51.7. The van der Waals surface area contributed by atoms with Gasteiger partial charge in [0, 0.05) is 44.1 Å². The molecule has 14 rings (SSSR count). The lowest BCUT2D eigenvalue weighted by Crippen LogP contribution is -2.22. The molecule has 3 nitrogen and oxygen atoms in total. The molecular formula is C93H88O3P6S3. The molecule has 0 N–H and O–H groups in total. The van der Waals surface area contributed by atoms with Crippen LogP contribution in [-0.4, -0.2) is 56.9 Å². The Morgan fingerprint density at radius 2 is 0.429 bits per heavy atom. The van der Waals surface area contributed by atoms with E-state index in [1.807, 2.05) is 133 Å². The summed E-state index contributed by atoms with van der Waals surface area (Å²) in [5.41, 5.74) is 0. The predicted molar refractivity (Wildman–Crippen MR) is 472 cm³/mol. The molecule has 0 aliphatic carbocycles. The summed E-state index contributed by atoms with van der Waals surface area (Å²) in [6.07, 6.45) is 6.67. The van der Waals surface area contributed by atoms with Crippen LogP contribution < -0.4 is 63.7 Å². The summed E-state index contributed by atoms with van der Waals surface area (Å²) >= 11 is 6.47. The van der Waals surface area contributed by atoms with Crippen LogP contribution in [-0.2, 0) is 38.0 Å². The number of benzene rings is 14. The second-order valence-electron chi connectivity index (χ2n) is 24.6. The van der Waals surface area contributed by atoms with Crippen LogP contribution >= 0.6 is 44.9 Å². The van der Waals surface area contributed by atoms with Crippen molar-refractivity contribution in [1.29, 1.82) is 0 Å². The predicted octanol–water partition coefficient (Wildman–Crippen LogP) is 18.6. The molecule has 0 spiro atoms. The lowest BCUT2D eigenvalue weighted by molar-refractivity contribution is 0.588. The molecule has 2 atom stereocenters. The third-order valence-electron chi connectivity index (χ3n) is 17.7. The molecule has 0 aliphatic heterocycles. The first-order valence-electron chi connectivity index (χ1n) is 35.5. The Hall–Kier alpha value is -8.02. The third kappa shape index (κ3) is 23.2. The van der Waals surface area contributed by atoms with Crippen molar-refractivity contribution >= 4 is 142 Å². The molecule has 14 aromatic rings. The van der Waals surface area contributed by atoms with E-state index in [1.165, 1.54) is 53.0 Å². The molecular weight excluding hydrogens is 1450 g/mol. The Morgan fingerprint density at radius 1 is 0.229 bits per heavy atom. The minimum absolute atomic E-state index is 0.385. The van der Waals surface area contributed by atoms with Crippen molar-refractivity contribution in [3.8, 4) is 0 Å². The summed E-state index contributed by atoms with van der Waals surface area (Å²) in [6, 6.07) is 145. The Kier molecular flexibility index (Phi) is 31.5. The van der Waals surface area contributed by atoms with E-state index in [0.29, 0.717) is 11.9 Å². The van der Waals surface area contributed by atoms with Gasteiger partial charge < -0.3 is 4.57 Å². The van der Waals surface area contributed by atoms with Crippen LogP contribution in [0.2, 0.25) is 0 Å². The Labute approximate surface area is 639 Å². The lowest BCUT2D eigenvalue weighted by Gasteiger charge is -2.27. The minimum atomic E-state index is -2.70. The number of hydrogen-bond donors (Lipinski definition) is 0. The molecule has 0 aromatic heterocycles. The Morgan fingerprint density at radius 3 is 0.695 bits per heavy atom. The maximum absolute atomic E-state index is 14.4. The second kappa shape index (κ2) is 42.4. The number of rotatable bonds is 27. The first-order valence-corrected chi connectivity index (χ1v) is 49.1. The molecule has 0 bridgehead atoms. The van der Waals surface area contributed by atoms with Gasteiger partial charge in [-0.2, -0.15) is 0 Å². The fourth-order valence-corrected chi connectivity index (χ4v) is 33.3. The van der Waals surface area contributed by atoms with Crippen LogP contribution in [0.1, 0.15) is 6.42 Å². The van der Waals surface area contributed by atoms with E-state index in [1.54, 1.807) is 0 Å². The molecule has 0 fully saturated rings. The SMILES string of the molecule is O=P(CCP(c1ccccc1)c1ccccc1)(c1ccccc1)c1ccccc1.O=S(CCCP(c1ccccc1)c1ccccc1)c1ccccc1.O=S(CCP(c1ccccc1)c1ccccc1)c1ccccc1.S=P(CCP(c1ccccc1)c1ccccc1)(c1ccccc1)c1ccccc1. The highest BCUT2D eigenvalue weighted by Crippen LogP contribution is 2.49. The van der Waals surface area contributed by atoms with Crippen LogP contribution in [0, 0.1) is 0 Å². The van der Waals surface area contributed by atoms with Crippen LogP contribution in [0.5, 0.6) is 0 Å². The van der Waals surface area contributed by atoms with Crippen molar-refractivity contribution in [3.05, 3.63) is 425 Å². The van der Waals surface area contributed by atoms with Crippen molar-refractivity contribution in [2.75, 3.05) is 48.5 Å². The smallest absolute Gasteiger partial charge is 0.143 e. The van der Waals surface area contributed by atoms with Crippen molar-refractivity contribution < 1.29 is 13.0 Å². The zero-order chi connectivity index (χ0) is 72.4. The minimum Gasteiger partial charge on any atom is -0.314 e. The molecule has 105 heavy (non-hydrogen) atoms. The molecule has 14 aromatic carbocycles. The van der Waals surface area contributed by atoms with Crippen LogP contribution in [0.15, 0.2) is 434 Å². The summed E-state index contributed by atoms with van der Waals surface area (Å²) in [5, 5.41) is 15.5. The van der Waals surface area contributed by atoms with Gasteiger partial charge in [-0.1, -0.05) is 412 Å². The van der Waals surface area contributed by atoms with E-state index in [9.17, 15) is 13.0 Å². The third-order valence-corrected chi connectivity index (χ3v) is 39.8. The maximum atomic E-state index is 14.4. The molecule has 0 saturated carbocycles. The van der Waals surface area contributed by atoms with Gasteiger partial charge in [0.15, 0.2) is 0 Å². The lowest BCUT2D eigenvalue weighted by atomic mass is 10.4. The standard InChI is InChI=1S/C26H24OP2.C26H24P2S.C21H21OPS.C20H19OPS/c27-29(25-17-9-3-10-18-25,26-19-11-4-12-20-26)22-21-28(23-13-5-1-6-14-23)24-15-7-2-8-16-24;29-28(25-17-9-3-10-18-25,26-19-11-4-12-20-26)22-21-27(23-13-5-1-6-14-23)24-15-7-2-8-16-24;22-24(21-15-8-3-9-16-21)18-10-17-23(19-11-4-1-5-12-19)20-13-6-2-7-14-20;21-23(20-14-8-3-9-15-20)17-16-22(18-10-4-1-5-11-18)19-12-6-2-7-13-19/h2*1-20H,21-22H2;1-9,11-16H,10,17-18H2;1-15H,16-17H2. The highest BCUT2D eigenvalue weighted by molar-refractivity contribution is 8.22.